The van der Waals surface area contributed by atoms with Crippen molar-refractivity contribution in [2.75, 3.05) is 13.2 Å². The van der Waals surface area contributed by atoms with Crippen LogP contribution in [-0.2, 0) is 15.7 Å². The number of ether oxygens (including phenoxy) is 3. The standard InChI is InChI=1S/C11H9F3O4/c12-11(13,14)7-1-2-9(10(3-7)18-6-15)17-5-8-4-16-8/h1-3,6,8H,4-5H2/t8-/m1/s1. The Morgan fingerprint density at radius 2 is 2.11 bits per heavy atom. The molecule has 1 fully saturated rings. The summed E-state index contributed by atoms with van der Waals surface area (Å²) in [6, 6.07) is 2.70. The van der Waals surface area contributed by atoms with Crippen molar-refractivity contribution in [3.63, 3.8) is 0 Å². The Morgan fingerprint density at radius 3 is 2.67 bits per heavy atom. The normalized spacial score (nSPS) is 18.3. The molecule has 2 rings (SSSR count). The summed E-state index contributed by atoms with van der Waals surface area (Å²) in [7, 11) is 0. The third-order valence-electron chi connectivity index (χ3n) is 2.27. The highest BCUT2D eigenvalue weighted by atomic mass is 19.4. The number of benzene rings is 1. The van der Waals surface area contributed by atoms with Crippen LogP contribution in [0, 0.1) is 0 Å². The number of alkyl halides is 3. The molecule has 18 heavy (non-hydrogen) atoms. The Morgan fingerprint density at radius 1 is 1.39 bits per heavy atom. The summed E-state index contributed by atoms with van der Waals surface area (Å²) in [6.07, 6.45) is -4.55. The van der Waals surface area contributed by atoms with Crippen molar-refractivity contribution < 1.29 is 32.2 Å². The van der Waals surface area contributed by atoms with Crippen LogP contribution in [0.15, 0.2) is 18.2 Å². The van der Waals surface area contributed by atoms with Crippen LogP contribution in [0.25, 0.3) is 0 Å². The molecule has 7 heteroatoms. The van der Waals surface area contributed by atoms with Crippen LogP contribution in [0.4, 0.5) is 13.2 Å². The van der Waals surface area contributed by atoms with E-state index in [-0.39, 0.29) is 30.7 Å². The summed E-state index contributed by atoms with van der Waals surface area (Å²) in [5.74, 6) is -0.189. The molecule has 0 bridgehead atoms. The fourth-order valence-corrected chi connectivity index (χ4v) is 1.29. The van der Waals surface area contributed by atoms with E-state index in [9.17, 15) is 18.0 Å². The van der Waals surface area contributed by atoms with Gasteiger partial charge in [-0.1, -0.05) is 0 Å². The maximum absolute atomic E-state index is 12.5. The predicted molar refractivity (Wildman–Crippen MR) is 53.4 cm³/mol. The lowest BCUT2D eigenvalue weighted by Crippen LogP contribution is -2.08. The lowest BCUT2D eigenvalue weighted by atomic mass is 10.2. The Kier molecular flexibility index (Phi) is 3.42. The van der Waals surface area contributed by atoms with E-state index < -0.39 is 11.7 Å². The van der Waals surface area contributed by atoms with E-state index in [4.69, 9.17) is 9.47 Å². The number of hydrogen-bond acceptors (Lipinski definition) is 4. The highest BCUT2D eigenvalue weighted by Crippen LogP contribution is 2.36. The quantitative estimate of drug-likeness (QED) is 0.601. The van der Waals surface area contributed by atoms with Crippen molar-refractivity contribution in [1.29, 1.82) is 0 Å². The highest BCUT2D eigenvalue weighted by molar-refractivity contribution is 5.52. The van der Waals surface area contributed by atoms with Crippen LogP contribution in [0.3, 0.4) is 0 Å². The van der Waals surface area contributed by atoms with Crippen LogP contribution in [-0.4, -0.2) is 25.8 Å². The van der Waals surface area contributed by atoms with E-state index in [0.29, 0.717) is 6.61 Å². The molecule has 1 aliphatic rings. The fraction of sp³-hybridized carbons (Fsp3) is 0.364. The van der Waals surface area contributed by atoms with Crippen LogP contribution < -0.4 is 9.47 Å². The van der Waals surface area contributed by atoms with E-state index >= 15 is 0 Å². The number of rotatable bonds is 5. The second kappa shape index (κ2) is 4.85. The fourth-order valence-electron chi connectivity index (χ4n) is 1.29. The van der Waals surface area contributed by atoms with Crippen molar-refractivity contribution in [2.45, 2.75) is 12.3 Å². The van der Waals surface area contributed by atoms with Gasteiger partial charge in [-0.25, -0.2) is 0 Å². The topological polar surface area (TPSA) is 48.1 Å². The van der Waals surface area contributed by atoms with Crippen molar-refractivity contribution in [1.82, 2.24) is 0 Å². The first-order valence-electron chi connectivity index (χ1n) is 5.06. The van der Waals surface area contributed by atoms with E-state index in [1.165, 1.54) is 0 Å². The second-order valence-corrected chi connectivity index (χ2v) is 3.64. The van der Waals surface area contributed by atoms with Crippen molar-refractivity contribution in [3.05, 3.63) is 23.8 Å². The van der Waals surface area contributed by atoms with Crippen LogP contribution in [0.1, 0.15) is 5.56 Å². The molecule has 0 aromatic heterocycles. The first kappa shape index (κ1) is 12.7. The van der Waals surface area contributed by atoms with E-state index in [1.807, 2.05) is 0 Å². The molecular formula is C11H9F3O4. The summed E-state index contributed by atoms with van der Waals surface area (Å²) >= 11 is 0. The maximum atomic E-state index is 12.5. The third-order valence-corrected chi connectivity index (χ3v) is 2.27. The molecule has 1 heterocycles. The zero-order valence-electron chi connectivity index (χ0n) is 9.07. The van der Waals surface area contributed by atoms with Gasteiger partial charge in [-0.05, 0) is 18.2 Å². The largest absolute Gasteiger partial charge is 0.487 e. The molecule has 1 saturated heterocycles. The summed E-state index contributed by atoms with van der Waals surface area (Å²) in [6.45, 7) is 0.820. The molecule has 0 radical (unpaired) electrons. The van der Waals surface area contributed by atoms with Crippen molar-refractivity contribution in [2.24, 2.45) is 0 Å². The molecule has 1 aromatic carbocycles. The molecule has 0 N–H and O–H groups in total. The average molecular weight is 262 g/mol. The molecular weight excluding hydrogens is 253 g/mol. The number of hydrogen-bond donors (Lipinski definition) is 0. The van der Waals surface area contributed by atoms with Gasteiger partial charge in [-0.2, -0.15) is 13.2 Å². The van der Waals surface area contributed by atoms with E-state index in [2.05, 4.69) is 4.74 Å². The van der Waals surface area contributed by atoms with Gasteiger partial charge in [0.15, 0.2) is 11.5 Å². The summed E-state index contributed by atoms with van der Waals surface area (Å²) in [4.78, 5) is 10.3. The number of carbonyl (C=O) groups excluding carboxylic acids is 1. The Hall–Kier alpha value is -1.76. The van der Waals surface area contributed by atoms with Crippen molar-refractivity contribution >= 4 is 6.47 Å². The van der Waals surface area contributed by atoms with Gasteiger partial charge in [0.25, 0.3) is 6.47 Å². The molecule has 0 aliphatic carbocycles. The number of carbonyl (C=O) groups is 1. The lowest BCUT2D eigenvalue weighted by Gasteiger charge is -2.12. The molecule has 0 saturated carbocycles. The minimum Gasteiger partial charge on any atom is -0.487 e. The van der Waals surface area contributed by atoms with E-state index in [0.717, 1.165) is 18.2 Å². The number of halogens is 3. The second-order valence-electron chi connectivity index (χ2n) is 3.64. The zero-order valence-corrected chi connectivity index (χ0v) is 9.07. The van der Waals surface area contributed by atoms with Gasteiger partial charge in [0.1, 0.15) is 12.7 Å². The number of epoxide rings is 1. The summed E-state index contributed by atoms with van der Waals surface area (Å²) in [5, 5.41) is 0. The molecule has 4 nitrogen and oxygen atoms in total. The first-order valence-corrected chi connectivity index (χ1v) is 5.06. The molecule has 1 aliphatic heterocycles. The smallest absolute Gasteiger partial charge is 0.416 e. The maximum Gasteiger partial charge on any atom is 0.416 e. The molecule has 0 unspecified atom stereocenters. The zero-order chi connectivity index (χ0) is 13.2. The van der Waals surface area contributed by atoms with Crippen LogP contribution in [0.5, 0.6) is 11.5 Å². The molecule has 98 valence electrons. The van der Waals surface area contributed by atoms with Gasteiger partial charge in [0.05, 0.1) is 12.2 Å². The monoisotopic (exact) mass is 262 g/mol. The first-order chi connectivity index (χ1) is 8.50. The van der Waals surface area contributed by atoms with Crippen molar-refractivity contribution in [3.8, 4) is 11.5 Å². The molecule has 1 aromatic rings. The third kappa shape index (κ3) is 3.13. The van der Waals surface area contributed by atoms with Gasteiger partial charge < -0.3 is 14.2 Å². The Bertz CT molecular complexity index is 440. The highest BCUT2D eigenvalue weighted by Gasteiger charge is 2.32. The van der Waals surface area contributed by atoms with Gasteiger partial charge in [0.2, 0.25) is 0 Å². The predicted octanol–water partition coefficient (Wildman–Crippen LogP) is 2.02. The molecule has 1 atom stereocenters. The minimum atomic E-state index is -4.50. The molecule has 0 amide bonds. The molecule has 0 spiro atoms. The van der Waals surface area contributed by atoms with Gasteiger partial charge in [-0.15, -0.1) is 0 Å². The Balaban J connectivity index is 2.19. The lowest BCUT2D eigenvalue weighted by molar-refractivity contribution is -0.138. The van der Waals surface area contributed by atoms with Gasteiger partial charge in [-0.3, -0.25) is 4.79 Å². The summed E-state index contributed by atoms with van der Waals surface area (Å²) < 4.78 is 52.0. The van der Waals surface area contributed by atoms with Crippen LogP contribution in [0.2, 0.25) is 0 Å². The Labute approximate surface area is 100 Å². The van der Waals surface area contributed by atoms with Crippen LogP contribution >= 0.6 is 0 Å². The minimum absolute atomic E-state index is 0.0450. The van der Waals surface area contributed by atoms with E-state index in [1.54, 1.807) is 0 Å². The average Bonchev–Trinajstić information content (AvgIpc) is 3.10. The van der Waals surface area contributed by atoms with Gasteiger partial charge in [0, 0.05) is 0 Å². The van der Waals surface area contributed by atoms with Gasteiger partial charge >= 0.3 is 6.18 Å². The summed E-state index contributed by atoms with van der Waals surface area (Å²) in [5.41, 5.74) is -0.908. The SMILES string of the molecule is O=COc1cc(C(F)(F)F)ccc1OC[C@H]1CO1.